The topological polar surface area (TPSA) is 91.0 Å². The van der Waals surface area contributed by atoms with Crippen LogP contribution in [-0.4, -0.2) is 56.9 Å². The Morgan fingerprint density at radius 2 is 2.19 bits per heavy atom. The maximum atomic E-state index is 12.0. The van der Waals surface area contributed by atoms with Crippen LogP contribution in [0.1, 0.15) is 0 Å². The Morgan fingerprint density at radius 1 is 1.38 bits per heavy atom. The first-order valence-corrected chi connectivity index (χ1v) is 7.83. The maximum Gasteiger partial charge on any atom is 0.249 e. The van der Waals surface area contributed by atoms with E-state index >= 15 is 0 Å². The molecule has 7 nitrogen and oxygen atoms in total. The van der Waals surface area contributed by atoms with E-state index in [4.69, 9.17) is 0 Å². The monoisotopic (exact) mass is 305 g/mol. The van der Waals surface area contributed by atoms with Gasteiger partial charge in [-0.25, -0.2) is 4.98 Å². The summed E-state index contributed by atoms with van der Waals surface area (Å²) in [5, 5.41) is 3.66. The number of carbonyl (C=O) groups excluding carboxylic acids is 1. The van der Waals surface area contributed by atoms with Crippen LogP contribution in [0.3, 0.4) is 0 Å². The summed E-state index contributed by atoms with van der Waals surface area (Å²) in [6.45, 7) is 1.74. The third kappa shape index (κ3) is 3.33. The zero-order valence-electron chi connectivity index (χ0n) is 11.3. The summed E-state index contributed by atoms with van der Waals surface area (Å²) in [7, 11) is 0. The molecule has 1 aliphatic heterocycles. The van der Waals surface area contributed by atoms with E-state index in [1.807, 2.05) is 16.7 Å². The van der Waals surface area contributed by atoms with Gasteiger partial charge in [-0.3, -0.25) is 9.59 Å². The first-order chi connectivity index (χ1) is 10.2. The predicted octanol–water partition coefficient (Wildman–Crippen LogP) is 0.305. The fourth-order valence-corrected chi connectivity index (χ4v) is 3.00. The van der Waals surface area contributed by atoms with E-state index in [0.717, 1.165) is 30.0 Å². The van der Waals surface area contributed by atoms with Crippen molar-refractivity contribution in [2.24, 2.45) is 0 Å². The van der Waals surface area contributed by atoms with Gasteiger partial charge in [0.1, 0.15) is 5.65 Å². The van der Waals surface area contributed by atoms with Crippen molar-refractivity contribution >= 4 is 34.7 Å². The average molecular weight is 305 g/mol. The van der Waals surface area contributed by atoms with E-state index < -0.39 is 0 Å². The summed E-state index contributed by atoms with van der Waals surface area (Å²) in [6, 6.07) is 3.09. The lowest BCUT2D eigenvalue weighted by Gasteiger charge is -2.26. The molecule has 2 N–H and O–H groups in total. The lowest BCUT2D eigenvalue weighted by molar-refractivity contribution is -0.128. The summed E-state index contributed by atoms with van der Waals surface area (Å²) < 4.78 is 0. The minimum atomic E-state index is -0.214. The average Bonchev–Trinajstić information content (AvgIpc) is 2.53. The maximum absolute atomic E-state index is 12.0. The summed E-state index contributed by atoms with van der Waals surface area (Å²) in [6.07, 6.45) is 1.61. The van der Waals surface area contributed by atoms with Gasteiger partial charge in [-0.05, 0) is 6.07 Å². The normalized spacial score (nSPS) is 15.1. The summed E-state index contributed by atoms with van der Waals surface area (Å²) in [5.74, 6) is 2.35. The van der Waals surface area contributed by atoms with E-state index in [0.29, 0.717) is 11.6 Å². The molecule has 1 fully saturated rings. The van der Waals surface area contributed by atoms with Crippen molar-refractivity contribution < 1.29 is 4.79 Å². The number of hydrogen-bond donors (Lipinski definition) is 2. The number of aromatic amines is 1. The highest BCUT2D eigenvalue weighted by Gasteiger charge is 2.16. The van der Waals surface area contributed by atoms with Crippen LogP contribution in [0.2, 0.25) is 0 Å². The summed E-state index contributed by atoms with van der Waals surface area (Å²) in [5.41, 5.74) is 0.246. The predicted molar refractivity (Wildman–Crippen MR) is 82.6 cm³/mol. The van der Waals surface area contributed by atoms with E-state index in [9.17, 15) is 9.59 Å². The van der Waals surface area contributed by atoms with Crippen molar-refractivity contribution in [2.75, 3.05) is 36.5 Å². The highest BCUT2D eigenvalue weighted by atomic mass is 32.2. The quantitative estimate of drug-likeness (QED) is 0.848. The molecular weight excluding hydrogens is 290 g/mol. The molecule has 110 valence electrons. The molecule has 0 saturated carbocycles. The van der Waals surface area contributed by atoms with E-state index in [1.54, 1.807) is 12.3 Å². The molecule has 8 heteroatoms. The molecule has 3 heterocycles. The first-order valence-electron chi connectivity index (χ1n) is 6.68. The van der Waals surface area contributed by atoms with Crippen molar-refractivity contribution in [3.63, 3.8) is 0 Å². The molecule has 3 rings (SSSR count). The van der Waals surface area contributed by atoms with Gasteiger partial charge in [0.05, 0.1) is 6.54 Å². The van der Waals surface area contributed by atoms with Crippen LogP contribution in [0.5, 0.6) is 0 Å². The lowest BCUT2D eigenvalue weighted by Crippen LogP contribution is -2.41. The van der Waals surface area contributed by atoms with Gasteiger partial charge in [0.15, 0.2) is 0 Å². The van der Waals surface area contributed by atoms with Gasteiger partial charge in [-0.15, -0.1) is 0 Å². The van der Waals surface area contributed by atoms with Crippen molar-refractivity contribution in [1.82, 2.24) is 19.9 Å². The fraction of sp³-hybridized carbons (Fsp3) is 0.385. The van der Waals surface area contributed by atoms with Gasteiger partial charge < -0.3 is 15.2 Å². The molecule has 2 aromatic rings. The number of H-pyrrole nitrogens is 1. The van der Waals surface area contributed by atoms with Crippen LogP contribution in [0.4, 0.5) is 5.95 Å². The summed E-state index contributed by atoms with van der Waals surface area (Å²) in [4.78, 5) is 36.1. The zero-order valence-corrected chi connectivity index (χ0v) is 12.2. The third-order valence-corrected chi connectivity index (χ3v) is 4.18. The molecule has 2 aromatic heterocycles. The molecule has 1 amide bonds. The molecular formula is C13H15N5O2S. The van der Waals surface area contributed by atoms with E-state index in [1.165, 1.54) is 6.07 Å². The Hall–Kier alpha value is -2.09. The molecule has 0 unspecified atom stereocenters. The van der Waals surface area contributed by atoms with E-state index in [2.05, 4.69) is 20.3 Å². The second-order valence-electron chi connectivity index (χ2n) is 4.67. The van der Waals surface area contributed by atoms with Gasteiger partial charge in [0.25, 0.3) is 0 Å². The minimum Gasteiger partial charge on any atom is -0.345 e. The third-order valence-electron chi connectivity index (χ3n) is 3.23. The van der Waals surface area contributed by atoms with Crippen molar-refractivity contribution in [3.8, 4) is 0 Å². The van der Waals surface area contributed by atoms with Crippen LogP contribution in [0.25, 0.3) is 11.0 Å². The van der Waals surface area contributed by atoms with Gasteiger partial charge in [0, 0.05) is 42.2 Å². The van der Waals surface area contributed by atoms with Crippen LogP contribution in [-0.2, 0) is 4.79 Å². The number of fused-ring (bicyclic) bond motifs is 1. The fourth-order valence-electron chi connectivity index (χ4n) is 2.10. The van der Waals surface area contributed by atoms with Crippen LogP contribution >= 0.6 is 11.8 Å². The molecule has 0 aromatic carbocycles. The number of nitrogens with zero attached hydrogens (tertiary/aromatic N) is 3. The Labute approximate surface area is 125 Å². The van der Waals surface area contributed by atoms with Crippen LogP contribution in [0, 0.1) is 0 Å². The lowest BCUT2D eigenvalue weighted by atomic mass is 10.3. The molecule has 21 heavy (non-hydrogen) atoms. The number of carbonyl (C=O) groups is 1. The number of pyridine rings is 1. The first kappa shape index (κ1) is 13.9. The zero-order chi connectivity index (χ0) is 14.7. The molecule has 1 saturated heterocycles. The van der Waals surface area contributed by atoms with Crippen LogP contribution < -0.4 is 10.9 Å². The number of anilines is 1. The second-order valence-corrected chi connectivity index (χ2v) is 5.89. The number of aromatic nitrogens is 3. The molecule has 1 aliphatic rings. The van der Waals surface area contributed by atoms with Gasteiger partial charge >= 0.3 is 0 Å². The second kappa shape index (κ2) is 6.13. The Bertz CT molecular complexity index is 711. The molecule has 0 bridgehead atoms. The van der Waals surface area contributed by atoms with Gasteiger partial charge in [0.2, 0.25) is 17.4 Å². The SMILES string of the molecule is O=C(CNc1ncc2ccc(=O)[nH]c2n1)N1CCSCC1. The van der Waals surface area contributed by atoms with Crippen molar-refractivity contribution in [3.05, 3.63) is 28.7 Å². The highest BCUT2D eigenvalue weighted by molar-refractivity contribution is 7.99. The molecule has 0 spiro atoms. The number of nitrogens with one attached hydrogen (secondary N) is 2. The number of hydrogen-bond acceptors (Lipinski definition) is 6. The number of rotatable bonds is 3. The standard InChI is InChI=1S/C13H15N5O2S/c19-10-2-1-9-7-14-13(17-12(9)16-10)15-8-11(20)18-3-5-21-6-4-18/h1-2,7H,3-6,8H2,(H2,14,15,16,17,19). The largest absolute Gasteiger partial charge is 0.345 e. The Balaban J connectivity index is 1.67. The van der Waals surface area contributed by atoms with E-state index in [-0.39, 0.29) is 18.0 Å². The van der Waals surface area contributed by atoms with Crippen LogP contribution in [0.15, 0.2) is 23.1 Å². The van der Waals surface area contributed by atoms with Crippen molar-refractivity contribution in [1.29, 1.82) is 0 Å². The summed E-state index contributed by atoms with van der Waals surface area (Å²) >= 11 is 1.86. The molecule has 0 radical (unpaired) electrons. The Kier molecular flexibility index (Phi) is 4.05. The highest BCUT2D eigenvalue weighted by Crippen LogP contribution is 2.10. The number of amides is 1. The number of thioether (sulfide) groups is 1. The van der Waals surface area contributed by atoms with Crippen molar-refractivity contribution in [2.45, 2.75) is 0 Å². The minimum absolute atomic E-state index is 0.0422. The van der Waals surface area contributed by atoms with Gasteiger partial charge in [-0.1, -0.05) is 0 Å². The van der Waals surface area contributed by atoms with Gasteiger partial charge in [-0.2, -0.15) is 16.7 Å². The smallest absolute Gasteiger partial charge is 0.249 e. The Morgan fingerprint density at radius 3 is 3.00 bits per heavy atom. The molecule has 0 aliphatic carbocycles. The molecule has 0 atom stereocenters.